The molecule has 3 fully saturated rings. The number of rotatable bonds is 6. The Hall–Kier alpha value is -0.820. The highest BCUT2D eigenvalue weighted by Gasteiger charge is 2.48. The van der Waals surface area contributed by atoms with Crippen LogP contribution in [-0.2, 0) is 0 Å². The van der Waals surface area contributed by atoms with Crippen molar-refractivity contribution in [2.75, 3.05) is 0 Å². The lowest BCUT2D eigenvalue weighted by Crippen LogP contribution is -2.33. The summed E-state index contributed by atoms with van der Waals surface area (Å²) >= 11 is 0. The molecule has 1 heteroatoms. The van der Waals surface area contributed by atoms with Crippen LogP contribution in [0.5, 0.6) is 0 Å². The normalized spacial score (nSPS) is 36.2. The Kier molecular flexibility index (Phi) is 7.19. The molecule has 4 atom stereocenters. The zero-order valence-corrected chi connectivity index (χ0v) is 19.9. The second-order valence-electron chi connectivity index (χ2n) is 11.6. The van der Waals surface area contributed by atoms with Gasteiger partial charge < -0.3 is 5.11 Å². The van der Waals surface area contributed by atoms with Crippen molar-refractivity contribution in [3.63, 3.8) is 0 Å². The second kappa shape index (κ2) is 9.13. The van der Waals surface area contributed by atoms with Crippen molar-refractivity contribution in [3.05, 3.63) is 35.5 Å². The van der Waals surface area contributed by atoms with Crippen LogP contribution >= 0.6 is 0 Å². The quantitative estimate of drug-likeness (QED) is 0.480. The molecule has 0 radical (unpaired) electrons. The molecule has 3 aliphatic carbocycles. The van der Waals surface area contributed by atoms with Gasteiger partial charge in [-0.25, -0.2) is 0 Å². The van der Waals surface area contributed by atoms with E-state index in [1.807, 2.05) is 0 Å². The highest BCUT2D eigenvalue weighted by atomic mass is 16.3. The zero-order valence-electron chi connectivity index (χ0n) is 19.9. The number of hydrogen-bond donors (Lipinski definition) is 1. The van der Waals surface area contributed by atoms with Gasteiger partial charge in [-0.05, 0) is 104 Å². The minimum Gasteiger partial charge on any atom is -0.388 e. The molecule has 164 valence electrons. The van der Waals surface area contributed by atoms with Gasteiger partial charge in [-0.3, -0.25) is 0 Å². The van der Waals surface area contributed by atoms with Gasteiger partial charge in [0, 0.05) is 0 Å². The Morgan fingerprint density at radius 1 is 1.14 bits per heavy atom. The van der Waals surface area contributed by atoms with E-state index in [0.717, 1.165) is 42.6 Å². The van der Waals surface area contributed by atoms with Crippen molar-refractivity contribution < 1.29 is 5.11 Å². The smallest absolute Gasteiger partial charge is 0.0787 e. The fourth-order valence-electron chi connectivity index (χ4n) is 6.35. The predicted molar refractivity (Wildman–Crippen MR) is 126 cm³/mol. The molecule has 3 aliphatic rings. The molecule has 0 amide bonds. The topological polar surface area (TPSA) is 20.2 Å². The minimum atomic E-state index is -0.323. The predicted octanol–water partition coefficient (Wildman–Crippen LogP) is 8.01. The fraction of sp³-hybridized carbons (Fsp3) is 0.786. The molecular weight excluding hydrogens is 352 g/mol. The Labute approximate surface area is 180 Å². The molecule has 0 heterocycles. The second-order valence-corrected chi connectivity index (χ2v) is 11.6. The van der Waals surface area contributed by atoms with Crippen LogP contribution in [0.15, 0.2) is 35.5 Å². The lowest BCUT2D eigenvalue weighted by atomic mass is 9.62. The van der Waals surface area contributed by atoms with Gasteiger partial charge in [0.1, 0.15) is 0 Å². The van der Waals surface area contributed by atoms with Gasteiger partial charge in [-0.2, -0.15) is 0 Å². The van der Waals surface area contributed by atoms with Crippen LogP contribution in [-0.4, -0.2) is 11.2 Å². The van der Waals surface area contributed by atoms with Crippen molar-refractivity contribution >= 4 is 0 Å². The summed E-state index contributed by atoms with van der Waals surface area (Å²) in [6.45, 7) is 16.4. The van der Waals surface area contributed by atoms with Gasteiger partial charge in [0.15, 0.2) is 0 Å². The van der Waals surface area contributed by atoms with E-state index in [0.29, 0.717) is 10.8 Å². The first kappa shape index (κ1) is 22.9. The summed E-state index contributed by atoms with van der Waals surface area (Å²) in [7, 11) is 0. The molecule has 3 rings (SSSR count). The summed E-state index contributed by atoms with van der Waals surface area (Å²) in [5.41, 5.74) is 4.91. The molecule has 29 heavy (non-hydrogen) atoms. The average molecular weight is 399 g/mol. The maximum absolute atomic E-state index is 10.1. The number of aliphatic hydroxyl groups excluding tert-OH is 1. The minimum absolute atomic E-state index is 0.323. The lowest BCUT2D eigenvalue weighted by Gasteiger charge is -2.43. The van der Waals surface area contributed by atoms with Crippen molar-refractivity contribution in [3.8, 4) is 0 Å². The van der Waals surface area contributed by atoms with Crippen LogP contribution in [0.25, 0.3) is 0 Å². The average Bonchev–Trinajstić information content (AvgIpc) is 2.99. The molecule has 4 unspecified atom stereocenters. The molecule has 0 saturated heterocycles. The molecule has 0 spiro atoms. The van der Waals surface area contributed by atoms with Gasteiger partial charge in [0.25, 0.3) is 0 Å². The first-order chi connectivity index (χ1) is 13.6. The van der Waals surface area contributed by atoms with Crippen LogP contribution in [0, 0.1) is 28.6 Å². The van der Waals surface area contributed by atoms with E-state index in [4.69, 9.17) is 0 Å². The third-order valence-corrected chi connectivity index (χ3v) is 9.33. The molecule has 0 aromatic carbocycles. The number of aliphatic hydroxyl groups is 1. The zero-order chi connectivity index (χ0) is 21.2. The van der Waals surface area contributed by atoms with Gasteiger partial charge in [-0.15, -0.1) is 0 Å². The maximum atomic E-state index is 10.1. The van der Waals surface area contributed by atoms with Crippen molar-refractivity contribution in [2.24, 2.45) is 28.6 Å². The van der Waals surface area contributed by atoms with Crippen molar-refractivity contribution in [1.29, 1.82) is 0 Å². The summed E-state index contributed by atoms with van der Waals surface area (Å²) in [6.07, 6.45) is 18.5. The molecular formula is C28H46O. The van der Waals surface area contributed by atoms with Gasteiger partial charge in [-0.1, -0.05) is 65.3 Å². The first-order valence-corrected chi connectivity index (χ1v) is 12.4. The molecule has 0 aromatic rings. The monoisotopic (exact) mass is 398 g/mol. The Morgan fingerprint density at radius 3 is 2.62 bits per heavy atom. The maximum Gasteiger partial charge on any atom is 0.0787 e. The van der Waals surface area contributed by atoms with E-state index < -0.39 is 0 Å². The third kappa shape index (κ3) is 4.92. The van der Waals surface area contributed by atoms with Crippen molar-refractivity contribution in [1.82, 2.24) is 0 Å². The molecule has 0 aliphatic heterocycles. The summed E-state index contributed by atoms with van der Waals surface area (Å²) < 4.78 is 0. The SMILES string of the molecule is C=C1/C(=C\C=C2/CCCC3(C)C(CCCC(C)(C)C(C)C)CCC23)CCCC1O. The Bertz CT molecular complexity index is 649. The highest BCUT2D eigenvalue weighted by Crippen LogP contribution is 2.58. The number of fused-ring (bicyclic) bond motifs is 1. The molecule has 0 bridgehead atoms. The van der Waals surface area contributed by atoms with E-state index in [-0.39, 0.29) is 6.10 Å². The fourth-order valence-corrected chi connectivity index (χ4v) is 6.35. The van der Waals surface area contributed by atoms with E-state index in [1.165, 1.54) is 56.9 Å². The van der Waals surface area contributed by atoms with Gasteiger partial charge in [0.05, 0.1) is 6.10 Å². The molecule has 3 saturated carbocycles. The molecule has 1 nitrogen and oxygen atoms in total. The lowest BCUT2D eigenvalue weighted by molar-refractivity contribution is 0.120. The number of allylic oxidation sites excluding steroid dienone is 3. The molecule has 0 aromatic heterocycles. The van der Waals surface area contributed by atoms with Gasteiger partial charge in [0.2, 0.25) is 0 Å². The Morgan fingerprint density at radius 2 is 1.90 bits per heavy atom. The first-order valence-electron chi connectivity index (χ1n) is 12.4. The summed E-state index contributed by atoms with van der Waals surface area (Å²) in [5, 5.41) is 10.1. The van der Waals surface area contributed by atoms with Crippen LogP contribution in [0.3, 0.4) is 0 Å². The van der Waals surface area contributed by atoms with Gasteiger partial charge >= 0.3 is 0 Å². The van der Waals surface area contributed by atoms with Crippen LogP contribution < -0.4 is 0 Å². The van der Waals surface area contributed by atoms with E-state index >= 15 is 0 Å². The van der Waals surface area contributed by atoms with E-state index in [1.54, 1.807) is 5.57 Å². The van der Waals surface area contributed by atoms with Crippen LogP contribution in [0.2, 0.25) is 0 Å². The Balaban J connectivity index is 1.66. The van der Waals surface area contributed by atoms with Crippen LogP contribution in [0.1, 0.15) is 105 Å². The van der Waals surface area contributed by atoms with E-state index in [9.17, 15) is 5.11 Å². The summed E-state index contributed by atoms with van der Waals surface area (Å²) in [5.74, 6) is 2.44. The molecule has 1 N–H and O–H groups in total. The van der Waals surface area contributed by atoms with E-state index in [2.05, 4.69) is 53.3 Å². The summed E-state index contributed by atoms with van der Waals surface area (Å²) in [6, 6.07) is 0. The number of hydrogen-bond acceptors (Lipinski definition) is 1. The summed E-state index contributed by atoms with van der Waals surface area (Å²) in [4.78, 5) is 0. The third-order valence-electron chi connectivity index (χ3n) is 9.33. The van der Waals surface area contributed by atoms with Crippen LogP contribution in [0.4, 0.5) is 0 Å². The van der Waals surface area contributed by atoms with Crippen molar-refractivity contribution in [2.45, 2.75) is 111 Å². The largest absolute Gasteiger partial charge is 0.388 e. The standard InChI is InChI=1S/C28H46O/c1-20(2)27(4,5)18-9-12-24-16-17-25-23(11-8-19-28(24,25)6)15-14-22-10-7-13-26(29)21(22)3/h14-15,20,24-26,29H,3,7-13,16-19H2,1-2,4-6H3/b22-14-,23-15+. The highest BCUT2D eigenvalue weighted by molar-refractivity contribution is 5.37.